The Labute approximate surface area is 180 Å². The number of nitrogens with one attached hydrogen (secondary N) is 1. The standard InChI is InChI=1S/C24H26N4OS/c1-6-19(23(29)25-21-14(2)9-7-10-15(21)3)30-24-27-26-20-13-17(5)18-12-8-11-16(4)22(18)28(20)24/h7-13,19H,6H2,1-5H3,(H,25,29). The maximum Gasteiger partial charge on any atom is 0.237 e. The Morgan fingerprint density at radius 1 is 1.00 bits per heavy atom. The number of aromatic nitrogens is 3. The number of rotatable bonds is 5. The Morgan fingerprint density at radius 3 is 2.37 bits per heavy atom. The van der Waals surface area contributed by atoms with E-state index in [2.05, 4.69) is 58.0 Å². The molecule has 6 heteroatoms. The molecule has 0 aliphatic heterocycles. The fourth-order valence-electron chi connectivity index (χ4n) is 3.87. The lowest BCUT2D eigenvalue weighted by Gasteiger charge is -2.17. The molecule has 1 unspecified atom stereocenters. The number of para-hydroxylation sites is 2. The summed E-state index contributed by atoms with van der Waals surface area (Å²) in [6.45, 7) is 10.2. The van der Waals surface area contributed by atoms with Crippen LogP contribution in [0.3, 0.4) is 0 Å². The van der Waals surface area contributed by atoms with E-state index in [1.165, 1.54) is 22.7 Å². The van der Waals surface area contributed by atoms with Crippen LogP contribution in [0, 0.1) is 27.7 Å². The predicted octanol–water partition coefficient (Wildman–Crippen LogP) is 5.63. The molecular formula is C24H26N4OS. The SMILES string of the molecule is CCC(Sc1nnc2cc(C)c3cccc(C)c3n12)C(=O)Nc1c(C)cccc1C. The molecule has 0 bridgehead atoms. The predicted molar refractivity (Wildman–Crippen MR) is 124 cm³/mol. The summed E-state index contributed by atoms with van der Waals surface area (Å²) >= 11 is 1.47. The first kappa shape index (κ1) is 20.4. The zero-order valence-corrected chi connectivity index (χ0v) is 18.8. The van der Waals surface area contributed by atoms with Crippen LogP contribution in [0.5, 0.6) is 0 Å². The number of carbonyl (C=O) groups excluding carboxylic acids is 1. The Bertz CT molecular complexity index is 1240. The summed E-state index contributed by atoms with van der Waals surface area (Å²) in [5.41, 5.74) is 7.26. The molecule has 0 aliphatic rings. The fourth-order valence-corrected chi connectivity index (χ4v) is 4.84. The van der Waals surface area contributed by atoms with Gasteiger partial charge in [-0.25, -0.2) is 0 Å². The van der Waals surface area contributed by atoms with Crippen LogP contribution < -0.4 is 5.32 Å². The average molecular weight is 419 g/mol. The van der Waals surface area contributed by atoms with Gasteiger partial charge in [-0.2, -0.15) is 0 Å². The normalized spacial score (nSPS) is 12.4. The number of benzene rings is 2. The van der Waals surface area contributed by atoms with Gasteiger partial charge >= 0.3 is 0 Å². The first-order chi connectivity index (χ1) is 14.4. The quantitative estimate of drug-likeness (QED) is 0.427. The number of thioether (sulfide) groups is 1. The van der Waals surface area contributed by atoms with Crippen molar-refractivity contribution in [3.05, 3.63) is 64.7 Å². The number of anilines is 1. The summed E-state index contributed by atoms with van der Waals surface area (Å²) in [6, 6.07) is 14.4. The van der Waals surface area contributed by atoms with Gasteiger partial charge in [0.15, 0.2) is 10.8 Å². The number of carbonyl (C=O) groups is 1. The summed E-state index contributed by atoms with van der Waals surface area (Å²) in [5, 5.41) is 13.6. The highest BCUT2D eigenvalue weighted by Crippen LogP contribution is 2.31. The van der Waals surface area contributed by atoms with Crippen LogP contribution in [0.15, 0.2) is 47.6 Å². The van der Waals surface area contributed by atoms with Crippen molar-refractivity contribution in [2.24, 2.45) is 0 Å². The number of hydrogen-bond donors (Lipinski definition) is 1. The van der Waals surface area contributed by atoms with Gasteiger partial charge in [0.1, 0.15) is 0 Å². The molecule has 0 radical (unpaired) electrons. The van der Waals surface area contributed by atoms with Crippen LogP contribution in [-0.4, -0.2) is 25.8 Å². The van der Waals surface area contributed by atoms with E-state index in [9.17, 15) is 4.79 Å². The highest BCUT2D eigenvalue weighted by molar-refractivity contribution is 8.00. The summed E-state index contributed by atoms with van der Waals surface area (Å²) in [7, 11) is 0. The second-order valence-electron chi connectivity index (χ2n) is 7.75. The number of fused-ring (bicyclic) bond motifs is 3. The lowest BCUT2D eigenvalue weighted by atomic mass is 10.1. The van der Waals surface area contributed by atoms with Gasteiger partial charge in [0.25, 0.3) is 0 Å². The van der Waals surface area contributed by atoms with Gasteiger partial charge in [0, 0.05) is 11.1 Å². The largest absolute Gasteiger partial charge is 0.325 e. The Balaban J connectivity index is 1.71. The molecule has 1 atom stereocenters. The third kappa shape index (κ3) is 3.56. The van der Waals surface area contributed by atoms with Crippen molar-refractivity contribution in [3.8, 4) is 0 Å². The Morgan fingerprint density at radius 2 is 1.67 bits per heavy atom. The molecule has 30 heavy (non-hydrogen) atoms. The van der Waals surface area contributed by atoms with E-state index in [4.69, 9.17) is 0 Å². The minimum Gasteiger partial charge on any atom is -0.325 e. The highest BCUT2D eigenvalue weighted by Gasteiger charge is 2.23. The molecule has 2 aromatic heterocycles. The molecule has 154 valence electrons. The van der Waals surface area contributed by atoms with E-state index in [1.807, 2.05) is 39.0 Å². The molecule has 0 spiro atoms. The second-order valence-corrected chi connectivity index (χ2v) is 8.92. The summed E-state index contributed by atoms with van der Waals surface area (Å²) in [6.07, 6.45) is 0.694. The minimum absolute atomic E-state index is 0.00945. The monoisotopic (exact) mass is 418 g/mol. The first-order valence-electron chi connectivity index (χ1n) is 10.2. The lowest BCUT2D eigenvalue weighted by molar-refractivity contribution is -0.115. The van der Waals surface area contributed by atoms with Gasteiger partial charge in [-0.05, 0) is 62.4 Å². The van der Waals surface area contributed by atoms with Crippen LogP contribution in [-0.2, 0) is 4.79 Å². The van der Waals surface area contributed by atoms with Crippen molar-refractivity contribution in [2.45, 2.75) is 51.4 Å². The number of amides is 1. The van der Waals surface area contributed by atoms with Gasteiger partial charge in [0.2, 0.25) is 5.91 Å². The number of aryl methyl sites for hydroxylation is 4. The number of hydrogen-bond acceptors (Lipinski definition) is 4. The number of nitrogens with zero attached hydrogens (tertiary/aromatic N) is 3. The van der Waals surface area contributed by atoms with Gasteiger partial charge in [-0.15, -0.1) is 10.2 Å². The molecule has 1 amide bonds. The van der Waals surface area contributed by atoms with E-state index in [-0.39, 0.29) is 11.2 Å². The molecular weight excluding hydrogens is 392 g/mol. The summed E-state index contributed by atoms with van der Waals surface area (Å²) in [4.78, 5) is 13.1. The van der Waals surface area contributed by atoms with E-state index in [1.54, 1.807) is 0 Å². The lowest BCUT2D eigenvalue weighted by Crippen LogP contribution is -2.25. The van der Waals surface area contributed by atoms with Crippen LogP contribution in [0.2, 0.25) is 0 Å². The average Bonchev–Trinajstić information content (AvgIpc) is 3.11. The molecule has 5 nitrogen and oxygen atoms in total. The van der Waals surface area contributed by atoms with Crippen molar-refractivity contribution in [1.82, 2.24) is 14.6 Å². The summed E-state index contributed by atoms with van der Waals surface area (Å²) in [5.74, 6) is -0.00945. The van der Waals surface area contributed by atoms with Crippen LogP contribution in [0.1, 0.15) is 35.6 Å². The van der Waals surface area contributed by atoms with E-state index >= 15 is 0 Å². The van der Waals surface area contributed by atoms with Crippen molar-refractivity contribution in [3.63, 3.8) is 0 Å². The second kappa shape index (κ2) is 8.11. The Kier molecular flexibility index (Phi) is 5.52. The molecule has 0 saturated carbocycles. The Hall–Kier alpha value is -2.86. The molecule has 4 aromatic rings. The zero-order valence-electron chi connectivity index (χ0n) is 18.0. The van der Waals surface area contributed by atoms with Crippen molar-refractivity contribution >= 4 is 39.9 Å². The van der Waals surface area contributed by atoms with Gasteiger partial charge in [-0.3, -0.25) is 9.20 Å². The third-order valence-corrected chi connectivity index (χ3v) is 6.84. The van der Waals surface area contributed by atoms with Crippen molar-refractivity contribution in [1.29, 1.82) is 0 Å². The van der Waals surface area contributed by atoms with Crippen LogP contribution >= 0.6 is 11.8 Å². The molecule has 0 aliphatic carbocycles. The van der Waals surface area contributed by atoms with Gasteiger partial charge in [0.05, 0.1) is 10.8 Å². The first-order valence-corrected chi connectivity index (χ1v) is 11.1. The molecule has 2 aromatic carbocycles. The highest BCUT2D eigenvalue weighted by atomic mass is 32.2. The van der Waals surface area contributed by atoms with E-state index in [0.717, 1.165) is 38.7 Å². The minimum atomic E-state index is -0.267. The van der Waals surface area contributed by atoms with E-state index in [0.29, 0.717) is 6.42 Å². The summed E-state index contributed by atoms with van der Waals surface area (Å²) < 4.78 is 2.08. The van der Waals surface area contributed by atoms with Crippen LogP contribution in [0.25, 0.3) is 16.6 Å². The number of pyridine rings is 1. The maximum absolute atomic E-state index is 13.1. The van der Waals surface area contributed by atoms with Gasteiger partial charge < -0.3 is 5.32 Å². The third-order valence-electron chi connectivity index (χ3n) is 5.53. The molecule has 2 heterocycles. The maximum atomic E-state index is 13.1. The van der Waals surface area contributed by atoms with Gasteiger partial charge in [-0.1, -0.05) is 55.1 Å². The van der Waals surface area contributed by atoms with Crippen LogP contribution in [0.4, 0.5) is 5.69 Å². The molecule has 1 N–H and O–H groups in total. The van der Waals surface area contributed by atoms with E-state index < -0.39 is 0 Å². The smallest absolute Gasteiger partial charge is 0.237 e. The van der Waals surface area contributed by atoms with Crippen molar-refractivity contribution in [2.75, 3.05) is 5.32 Å². The van der Waals surface area contributed by atoms with Crippen molar-refractivity contribution < 1.29 is 4.79 Å². The molecule has 0 fully saturated rings. The topological polar surface area (TPSA) is 59.3 Å². The fraction of sp³-hybridized carbons (Fsp3) is 0.292. The molecule has 4 rings (SSSR count). The zero-order chi connectivity index (χ0) is 21.4. The molecule has 0 saturated heterocycles.